The molecule has 0 amide bonds. The number of hydrogen-bond donors (Lipinski definition) is 0. The number of rotatable bonds is 11. The minimum atomic E-state index is -1.46. The van der Waals surface area contributed by atoms with Gasteiger partial charge in [-0.2, -0.15) is 0 Å². The Labute approximate surface area is 322 Å². The van der Waals surface area contributed by atoms with Crippen LogP contribution in [0.25, 0.3) is 0 Å². The Bertz CT molecular complexity index is 715. The van der Waals surface area contributed by atoms with E-state index >= 15 is 0 Å². The quantitative estimate of drug-likeness (QED) is 0.0841. The van der Waals surface area contributed by atoms with E-state index in [4.69, 9.17) is 19.4 Å². The van der Waals surface area contributed by atoms with Gasteiger partial charge < -0.3 is 0 Å². The first-order valence-electron chi connectivity index (χ1n) is 22.3. The summed E-state index contributed by atoms with van der Waals surface area (Å²) >= 11 is -1.46. The molecular weight excluding hydrogens is 762 g/mol. The first-order valence-corrected chi connectivity index (χ1v) is 31.3. The molecule has 0 atom stereocenters. The molecule has 6 saturated carbocycles. The Morgan fingerprint density at radius 1 is 0.408 bits per heavy atom. The Morgan fingerprint density at radius 3 is 0.878 bits per heavy atom. The van der Waals surface area contributed by atoms with Crippen LogP contribution in [0.2, 0.25) is 0 Å². The second-order valence-electron chi connectivity index (χ2n) is 17.2. The van der Waals surface area contributed by atoms with Gasteiger partial charge in [0.2, 0.25) is 0 Å². The fourth-order valence-corrected chi connectivity index (χ4v) is 23.4. The van der Waals surface area contributed by atoms with Crippen LogP contribution in [-0.2, 0) is 13.5 Å². The summed E-state index contributed by atoms with van der Waals surface area (Å²) in [6.45, 7) is 2.05. The van der Waals surface area contributed by atoms with Crippen molar-refractivity contribution in [1.29, 1.82) is 0 Å². The fourth-order valence-electron chi connectivity index (χ4n) is 11.3. The second kappa shape index (κ2) is 27.3. The molecule has 0 N–H and O–H groups in total. The largest absolute Gasteiger partial charge is 0.0680 e. The number of halogens is 2. The van der Waals surface area contributed by atoms with Crippen LogP contribution in [0.5, 0.6) is 0 Å². The third kappa shape index (κ3) is 16.9. The van der Waals surface area contributed by atoms with E-state index in [2.05, 4.69) is 16.8 Å². The Balaban J connectivity index is 0.000000173. The summed E-state index contributed by atoms with van der Waals surface area (Å²) in [6.07, 6.45) is 56.6. The van der Waals surface area contributed by atoms with Gasteiger partial charge in [0.05, 0.1) is 34.0 Å². The molecule has 0 radical (unpaired) electrons. The summed E-state index contributed by atoms with van der Waals surface area (Å²) in [4.78, 5) is 0. The van der Waals surface area contributed by atoms with Crippen LogP contribution in [0.4, 0.5) is 0 Å². The number of allylic oxidation sites excluding steroid dienone is 2. The van der Waals surface area contributed by atoms with Gasteiger partial charge in [0.25, 0.3) is 0 Å². The van der Waals surface area contributed by atoms with Crippen LogP contribution >= 0.6 is 35.2 Å². The maximum Gasteiger partial charge on any atom is 0.0680 e. The molecule has 0 nitrogen and oxygen atoms in total. The maximum absolute atomic E-state index is 5.66. The number of unbranched alkanes of at least 4 members (excludes halogenated alkanes) is 3. The van der Waals surface area contributed by atoms with Crippen LogP contribution in [0.15, 0.2) is 12.2 Å². The molecule has 0 aromatic heterocycles. The van der Waals surface area contributed by atoms with Gasteiger partial charge in [-0.25, -0.2) is 0 Å². The Hall–Kier alpha value is 1.67. The molecule has 0 aromatic rings. The van der Waals surface area contributed by atoms with Crippen molar-refractivity contribution < 1.29 is 13.5 Å². The van der Waals surface area contributed by atoms with Crippen molar-refractivity contribution in [3.8, 4) is 0 Å². The molecule has 0 unspecified atom stereocenters. The second-order valence-corrected chi connectivity index (χ2v) is 30.0. The van der Waals surface area contributed by atoms with E-state index in [9.17, 15) is 0 Å². The molecule has 288 valence electrons. The van der Waals surface area contributed by atoms with Crippen molar-refractivity contribution in [2.75, 3.05) is 0 Å². The van der Waals surface area contributed by atoms with Crippen LogP contribution in [0.3, 0.4) is 0 Å². The molecule has 0 bridgehead atoms. The van der Waals surface area contributed by atoms with E-state index in [0.29, 0.717) is 0 Å². The van der Waals surface area contributed by atoms with Crippen molar-refractivity contribution in [1.82, 2.24) is 0 Å². The zero-order valence-electron chi connectivity index (χ0n) is 32.3. The van der Waals surface area contributed by atoms with Crippen molar-refractivity contribution in [2.24, 2.45) is 0 Å². The summed E-state index contributed by atoms with van der Waals surface area (Å²) in [5.74, 6) is 0. The Kier molecular flexibility index (Phi) is 24.2. The van der Waals surface area contributed by atoms with Crippen LogP contribution in [-0.4, -0.2) is 38.6 Å². The Morgan fingerprint density at radius 2 is 0.653 bits per heavy atom. The first-order chi connectivity index (χ1) is 24.2. The normalized spacial score (nSPS) is 25.1. The van der Waals surface area contributed by atoms with E-state index in [0.717, 1.165) is 6.42 Å². The minimum Gasteiger partial charge on any atom is -0.0530 e. The third-order valence-electron chi connectivity index (χ3n) is 13.7. The fraction of sp³-hybridized carbons (Fsp3) is 0.932. The van der Waals surface area contributed by atoms with Gasteiger partial charge in [0.1, 0.15) is 0 Å². The topological polar surface area (TPSA) is 0 Å². The van der Waals surface area contributed by atoms with Crippen molar-refractivity contribution in [2.45, 2.75) is 259 Å². The maximum atomic E-state index is 5.66. The molecular formula is C44H82Cl2P2Ru+2. The van der Waals surface area contributed by atoms with E-state index in [-0.39, 0.29) is 15.8 Å². The summed E-state index contributed by atoms with van der Waals surface area (Å²) in [5.41, 5.74) is 7.36. The molecule has 0 spiro atoms. The van der Waals surface area contributed by atoms with Gasteiger partial charge in [0, 0.05) is 15.8 Å². The zero-order valence-corrected chi connectivity index (χ0v) is 37.6. The molecule has 6 fully saturated rings. The molecule has 0 heterocycles. The predicted molar refractivity (Wildman–Crippen MR) is 229 cm³/mol. The molecule has 5 heteroatoms. The molecule has 6 rings (SSSR count). The van der Waals surface area contributed by atoms with Gasteiger partial charge in [-0.3, -0.25) is 0 Å². The van der Waals surface area contributed by atoms with Crippen LogP contribution < -0.4 is 0 Å². The average Bonchev–Trinajstić information content (AvgIpc) is 3.16. The van der Waals surface area contributed by atoms with Crippen molar-refractivity contribution in [3.63, 3.8) is 0 Å². The van der Waals surface area contributed by atoms with Gasteiger partial charge in [0.15, 0.2) is 0 Å². The SMILES string of the molecule is C/C=C\CCCC[CH]=[Ru]([Cl])[Cl].C1CCC([PH+](C2CCCCC2)C2CCCCC2)CC1.C1CCC([PH+](C2CCCCC2)C2CCCCC2)CC1. The van der Waals surface area contributed by atoms with E-state index in [1.54, 1.807) is 193 Å². The summed E-state index contributed by atoms with van der Waals surface area (Å²) in [7, 11) is 11.2. The van der Waals surface area contributed by atoms with Crippen LogP contribution in [0.1, 0.15) is 225 Å². The van der Waals surface area contributed by atoms with Crippen molar-refractivity contribution in [3.05, 3.63) is 12.2 Å². The summed E-state index contributed by atoms with van der Waals surface area (Å²) < 4.78 is 2.07. The predicted octanol–water partition coefficient (Wildman–Crippen LogP) is 16.2. The van der Waals surface area contributed by atoms with Crippen LogP contribution in [0, 0.1) is 0 Å². The molecule has 6 aliphatic rings. The first kappa shape index (κ1) is 43.4. The van der Waals surface area contributed by atoms with Gasteiger partial charge in [-0.05, 0) is 154 Å². The smallest absolute Gasteiger partial charge is 0.0530 e. The molecule has 0 aliphatic heterocycles. The van der Waals surface area contributed by atoms with E-state index < -0.39 is 13.5 Å². The summed E-state index contributed by atoms with van der Waals surface area (Å²) in [6, 6.07) is 0. The standard InChI is InChI=1S/2C18H33P.C8H14.2ClH.Ru/c2*1-4-10-16(11-5-1)19(17-12-6-2-7-13-17)18-14-8-3-9-15-18;1-3-5-7-8-6-4-2;;;/h2*16-18H,1-15H2;1,4,6H,3,5,7-8H2,2H3;2*1H;/q;;;;;+2/b;;6-4-;;;. The third-order valence-corrected chi connectivity index (χ3v) is 25.2. The molecule has 49 heavy (non-hydrogen) atoms. The van der Waals surface area contributed by atoms with E-state index in [1.165, 1.54) is 53.2 Å². The monoisotopic (exact) mass is 844 g/mol. The van der Waals surface area contributed by atoms with E-state index in [1.807, 2.05) is 6.92 Å². The van der Waals surface area contributed by atoms with Gasteiger partial charge >= 0.3 is 82.3 Å². The summed E-state index contributed by atoms with van der Waals surface area (Å²) in [5, 5.41) is 0. The average molecular weight is 845 g/mol. The van der Waals surface area contributed by atoms with Gasteiger partial charge in [-0.1, -0.05) is 38.5 Å². The van der Waals surface area contributed by atoms with Crippen molar-refractivity contribution >= 4 is 39.8 Å². The number of hydrogen-bond acceptors (Lipinski definition) is 0. The molecule has 6 aliphatic carbocycles. The molecule has 0 aromatic carbocycles. The van der Waals surface area contributed by atoms with Gasteiger partial charge in [-0.15, -0.1) is 0 Å². The zero-order chi connectivity index (χ0) is 34.4. The molecule has 0 saturated heterocycles. The minimum absolute atomic E-state index is 0.0465.